The van der Waals surface area contributed by atoms with E-state index in [0.717, 1.165) is 43.6 Å². The van der Waals surface area contributed by atoms with Gasteiger partial charge in [-0.1, -0.05) is 12.1 Å². The van der Waals surface area contributed by atoms with Crippen LogP contribution in [0.5, 0.6) is 5.75 Å². The fourth-order valence-corrected chi connectivity index (χ4v) is 4.62. The van der Waals surface area contributed by atoms with Crippen LogP contribution in [0.2, 0.25) is 0 Å². The molecular formula is C24H29N5O3S. The molecule has 1 fully saturated rings. The molecule has 0 radical (unpaired) electrons. The molecule has 0 aliphatic carbocycles. The number of rotatable bonds is 6. The summed E-state index contributed by atoms with van der Waals surface area (Å²) in [6.07, 6.45) is 2.87. The van der Waals surface area contributed by atoms with Crippen LogP contribution in [-0.2, 0) is 10.0 Å². The highest BCUT2D eigenvalue weighted by molar-refractivity contribution is 7.92. The number of methoxy groups -OCH3 is 1. The normalized spacial score (nSPS) is 14.2. The van der Waals surface area contributed by atoms with Crippen molar-refractivity contribution in [1.82, 2.24) is 10.3 Å². The van der Waals surface area contributed by atoms with E-state index in [1.165, 1.54) is 5.69 Å². The van der Waals surface area contributed by atoms with Crippen LogP contribution >= 0.6 is 0 Å². The van der Waals surface area contributed by atoms with Crippen LogP contribution in [0.3, 0.4) is 0 Å². The zero-order chi connectivity index (χ0) is 23.6. The van der Waals surface area contributed by atoms with Gasteiger partial charge in [-0.15, -0.1) is 0 Å². The van der Waals surface area contributed by atoms with E-state index in [2.05, 4.69) is 44.2 Å². The van der Waals surface area contributed by atoms with E-state index in [1.807, 2.05) is 12.1 Å². The van der Waals surface area contributed by atoms with Crippen molar-refractivity contribution in [3.05, 3.63) is 54.2 Å². The first-order valence-corrected chi connectivity index (χ1v) is 12.6. The Bertz CT molecular complexity index is 1250. The summed E-state index contributed by atoms with van der Waals surface area (Å²) >= 11 is 0. The number of nitrogens with one attached hydrogen (secondary N) is 2. The van der Waals surface area contributed by atoms with Gasteiger partial charge in [-0.3, -0.25) is 4.72 Å². The molecule has 4 N–H and O–H groups in total. The molecule has 2 aromatic carbocycles. The quantitative estimate of drug-likeness (QED) is 0.511. The van der Waals surface area contributed by atoms with E-state index in [0.29, 0.717) is 33.9 Å². The van der Waals surface area contributed by atoms with Crippen molar-refractivity contribution in [1.29, 1.82) is 0 Å². The molecule has 0 saturated carbocycles. The first-order valence-electron chi connectivity index (χ1n) is 10.7. The van der Waals surface area contributed by atoms with E-state index in [4.69, 9.17) is 10.5 Å². The third kappa shape index (κ3) is 5.20. The smallest absolute Gasteiger partial charge is 0.229 e. The number of nitrogen functional groups attached to an aromatic ring is 1. The molecular weight excluding hydrogens is 438 g/mol. The summed E-state index contributed by atoms with van der Waals surface area (Å²) in [5.41, 5.74) is 11.9. The molecule has 9 heteroatoms. The van der Waals surface area contributed by atoms with E-state index in [-0.39, 0.29) is 0 Å². The topological polar surface area (TPSA) is 110 Å². The number of anilines is 3. The Morgan fingerprint density at radius 1 is 1.06 bits per heavy atom. The fourth-order valence-electron chi connectivity index (χ4n) is 4.01. The Morgan fingerprint density at radius 2 is 1.76 bits per heavy atom. The van der Waals surface area contributed by atoms with Gasteiger partial charge in [0.15, 0.2) is 0 Å². The average Bonchev–Trinajstić information content (AvgIpc) is 2.80. The summed E-state index contributed by atoms with van der Waals surface area (Å²) in [5, 5.41) is 3.37. The maximum Gasteiger partial charge on any atom is 0.229 e. The summed E-state index contributed by atoms with van der Waals surface area (Å²) < 4.78 is 31.7. The predicted molar refractivity (Wildman–Crippen MR) is 134 cm³/mol. The monoisotopic (exact) mass is 467 g/mol. The van der Waals surface area contributed by atoms with E-state index in [1.54, 1.807) is 26.3 Å². The molecule has 2 heterocycles. The number of hydrogen-bond acceptors (Lipinski definition) is 7. The molecule has 0 spiro atoms. The van der Waals surface area contributed by atoms with Gasteiger partial charge in [0.2, 0.25) is 10.0 Å². The standard InChI is InChI=1S/C24H29N5O3S/c1-16-22(28-33(3,30)31)13-18(14-23(16)32-2)21-12-19(15-27-24(21)25)17-4-6-20(7-5-17)29-10-8-26-9-11-29/h4-7,12-15,26,28H,8-11H2,1-3H3,(H2,25,27). The third-order valence-corrected chi connectivity index (χ3v) is 6.38. The van der Waals surface area contributed by atoms with Crippen molar-refractivity contribution < 1.29 is 13.2 Å². The van der Waals surface area contributed by atoms with Crippen molar-refractivity contribution in [3.63, 3.8) is 0 Å². The number of ether oxygens (including phenoxy) is 1. The Balaban J connectivity index is 1.71. The average molecular weight is 468 g/mol. The summed E-state index contributed by atoms with van der Waals surface area (Å²) in [6.45, 7) is 5.76. The van der Waals surface area contributed by atoms with E-state index >= 15 is 0 Å². The van der Waals surface area contributed by atoms with Gasteiger partial charge < -0.3 is 20.7 Å². The minimum Gasteiger partial charge on any atom is -0.496 e. The Hall–Kier alpha value is -3.30. The SMILES string of the molecule is COc1cc(-c2cc(-c3ccc(N4CCNCC4)cc3)cnc2N)cc(NS(C)(=O)=O)c1C. The van der Waals surface area contributed by atoms with Crippen LogP contribution in [-0.4, -0.2) is 52.9 Å². The number of sulfonamides is 1. The largest absolute Gasteiger partial charge is 0.496 e. The first-order chi connectivity index (χ1) is 15.7. The zero-order valence-corrected chi connectivity index (χ0v) is 19.9. The first kappa shape index (κ1) is 22.9. The highest BCUT2D eigenvalue weighted by atomic mass is 32.2. The molecule has 0 unspecified atom stereocenters. The Kier molecular flexibility index (Phi) is 6.44. The van der Waals surface area contributed by atoms with Crippen molar-refractivity contribution in [3.8, 4) is 28.0 Å². The molecule has 4 rings (SSSR count). The lowest BCUT2D eigenvalue weighted by Gasteiger charge is -2.29. The lowest BCUT2D eigenvalue weighted by Crippen LogP contribution is -2.43. The van der Waals surface area contributed by atoms with Crippen molar-refractivity contribution in [2.75, 3.05) is 54.9 Å². The van der Waals surface area contributed by atoms with Crippen molar-refractivity contribution >= 4 is 27.2 Å². The molecule has 8 nitrogen and oxygen atoms in total. The van der Waals surface area contributed by atoms with Gasteiger partial charge in [0.1, 0.15) is 11.6 Å². The zero-order valence-electron chi connectivity index (χ0n) is 19.1. The predicted octanol–water partition coefficient (Wildman–Crippen LogP) is 3.10. The van der Waals surface area contributed by atoms with Gasteiger partial charge in [0.25, 0.3) is 0 Å². The molecule has 3 aromatic rings. The van der Waals surface area contributed by atoms with Gasteiger partial charge in [0, 0.05) is 54.8 Å². The summed E-state index contributed by atoms with van der Waals surface area (Å²) in [7, 11) is -1.91. The molecule has 1 aromatic heterocycles. The van der Waals surface area contributed by atoms with E-state index < -0.39 is 10.0 Å². The van der Waals surface area contributed by atoms with Crippen LogP contribution < -0.4 is 25.4 Å². The minimum absolute atomic E-state index is 0.354. The summed E-state index contributed by atoms with van der Waals surface area (Å²) in [5.74, 6) is 0.913. The molecule has 1 aliphatic heterocycles. The highest BCUT2D eigenvalue weighted by Crippen LogP contribution is 2.37. The Morgan fingerprint density at radius 3 is 2.39 bits per heavy atom. The number of aromatic nitrogens is 1. The van der Waals surface area contributed by atoms with Crippen LogP contribution in [0.4, 0.5) is 17.2 Å². The van der Waals surface area contributed by atoms with Crippen LogP contribution in [0.1, 0.15) is 5.56 Å². The molecule has 1 aliphatic rings. The van der Waals surface area contributed by atoms with Crippen LogP contribution in [0, 0.1) is 6.92 Å². The second-order valence-electron chi connectivity index (χ2n) is 8.17. The summed E-state index contributed by atoms with van der Waals surface area (Å²) in [4.78, 5) is 6.77. The third-order valence-electron chi connectivity index (χ3n) is 5.79. The maximum atomic E-state index is 11.9. The molecule has 0 amide bonds. The molecule has 0 bridgehead atoms. The van der Waals surface area contributed by atoms with Crippen LogP contribution in [0.15, 0.2) is 48.7 Å². The molecule has 33 heavy (non-hydrogen) atoms. The lowest BCUT2D eigenvalue weighted by molar-refractivity contribution is 0.412. The fraction of sp³-hybridized carbons (Fsp3) is 0.292. The highest BCUT2D eigenvalue weighted by Gasteiger charge is 2.16. The van der Waals surface area contributed by atoms with Crippen molar-refractivity contribution in [2.24, 2.45) is 0 Å². The number of nitrogens with two attached hydrogens (primary N) is 1. The number of nitrogens with zero attached hydrogens (tertiary/aromatic N) is 2. The second-order valence-corrected chi connectivity index (χ2v) is 9.91. The second kappa shape index (κ2) is 9.29. The molecule has 1 saturated heterocycles. The van der Waals surface area contributed by atoms with Crippen LogP contribution in [0.25, 0.3) is 22.3 Å². The summed E-state index contributed by atoms with van der Waals surface area (Å²) in [6, 6.07) is 14.0. The minimum atomic E-state index is -3.46. The lowest BCUT2D eigenvalue weighted by atomic mass is 9.98. The van der Waals surface area contributed by atoms with Gasteiger partial charge in [-0.05, 0) is 48.4 Å². The van der Waals surface area contributed by atoms with E-state index in [9.17, 15) is 8.42 Å². The van der Waals surface area contributed by atoms with Gasteiger partial charge in [-0.25, -0.2) is 13.4 Å². The maximum absolute atomic E-state index is 11.9. The number of benzene rings is 2. The number of pyridine rings is 1. The molecule has 174 valence electrons. The number of hydrogen-bond donors (Lipinski definition) is 3. The van der Waals surface area contributed by atoms with Crippen molar-refractivity contribution in [2.45, 2.75) is 6.92 Å². The Labute approximate surface area is 194 Å². The van der Waals surface area contributed by atoms with Gasteiger partial charge in [0.05, 0.1) is 19.1 Å². The van der Waals surface area contributed by atoms with Gasteiger partial charge in [-0.2, -0.15) is 0 Å². The molecule has 0 atom stereocenters. The number of piperazine rings is 1. The van der Waals surface area contributed by atoms with Gasteiger partial charge >= 0.3 is 0 Å².